The first kappa shape index (κ1) is 15.9. The number of imidazole rings is 1. The average molecular weight is 361 g/mol. The molecule has 0 fully saturated rings. The maximum Gasteiger partial charge on any atom is 0.221 e. The molecule has 0 bridgehead atoms. The zero-order valence-corrected chi connectivity index (χ0v) is 14.9. The Kier molecular flexibility index (Phi) is 3.63. The van der Waals surface area contributed by atoms with Crippen LogP contribution in [0.4, 0.5) is 0 Å². The molecule has 5 rings (SSSR count). The van der Waals surface area contributed by atoms with Crippen LogP contribution in [0.1, 0.15) is 29.3 Å². The summed E-state index contributed by atoms with van der Waals surface area (Å²) in [5.41, 5.74) is 4.90. The molecule has 1 aromatic carbocycles. The van der Waals surface area contributed by atoms with Crippen LogP contribution < -0.4 is 14.8 Å². The number of hydrogen-bond acceptors (Lipinski definition) is 4. The molecule has 1 atom stereocenters. The molecular weight excluding hydrogens is 342 g/mol. The molecule has 1 N–H and O–H groups in total. The molecule has 2 aliphatic rings. The molecular formula is C21H19N3O3. The van der Waals surface area contributed by atoms with Gasteiger partial charge in [0.2, 0.25) is 5.91 Å². The highest BCUT2D eigenvalue weighted by molar-refractivity contribution is 5.79. The van der Waals surface area contributed by atoms with Crippen LogP contribution in [0, 0.1) is 0 Å². The van der Waals surface area contributed by atoms with Crippen molar-refractivity contribution in [3.05, 3.63) is 65.1 Å². The van der Waals surface area contributed by atoms with Crippen LogP contribution in [-0.4, -0.2) is 29.0 Å². The van der Waals surface area contributed by atoms with Crippen molar-refractivity contribution in [1.82, 2.24) is 14.7 Å². The summed E-state index contributed by atoms with van der Waals surface area (Å²) < 4.78 is 13.5. The summed E-state index contributed by atoms with van der Waals surface area (Å²) in [7, 11) is 1.64. The summed E-state index contributed by atoms with van der Waals surface area (Å²) in [4.78, 5) is 17.1. The summed E-state index contributed by atoms with van der Waals surface area (Å²) in [5, 5.41) is 2.97. The zero-order chi connectivity index (χ0) is 18.4. The van der Waals surface area contributed by atoms with Crippen molar-refractivity contribution >= 4 is 17.6 Å². The van der Waals surface area contributed by atoms with Gasteiger partial charge < -0.3 is 19.2 Å². The number of nitrogens with one attached hydrogen (secondary N) is 1. The molecule has 3 aromatic rings. The second-order valence-electron chi connectivity index (χ2n) is 6.79. The van der Waals surface area contributed by atoms with Crippen LogP contribution in [-0.2, 0) is 11.3 Å². The van der Waals surface area contributed by atoms with Gasteiger partial charge >= 0.3 is 0 Å². The summed E-state index contributed by atoms with van der Waals surface area (Å²) in [6, 6.07) is 11.8. The Morgan fingerprint density at radius 1 is 1.26 bits per heavy atom. The number of methoxy groups -OCH3 is 1. The molecule has 2 aromatic heterocycles. The molecule has 27 heavy (non-hydrogen) atoms. The number of amides is 1. The number of aromatic nitrogens is 2. The van der Waals surface area contributed by atoms with Crippen molar-refractivity contribution in [1.29, 1.82) is 0 Å². The Bertz CT molecular complexity index is 1080. The number of para-hydroxylation sites is 1. The van der Waals surface area contributed by atoms with E-state index in [0.29, 0.717) is 19.6 Å². The average Bonchev–Trinajstić information content (AvgIpc) is 2.99. The highest BCUT2D eigenvalue weighted by Crippen LogP contribution is 2.41. The summed E-state index contributed by atoms with van der Waals surface area (Å²) in [6.07, 6.45) is 4.51. The molecule has 4 heterocycles. The summed E-state index contributed by atoms with van der Waals surface area (Å²) in [6.45, 7) is 0.871. The molecule has 0 unspecified atom stereocenters. The number of carbonyl (C=O) groups excluding carboxylic acids is 1. The third-order valence-corrected chi connectivity index (χ3v) is 5.22. The van der Waals surface area contributed by atoms with E-state index in [1.54, 1.807) is 7.11 Å². The van der Waals surface area contributed by atoms with Crippen molar-refractivity contribution < 1.29 is 14.3 Å². The monoisotopic (exact) mass is 361 g/mol. The van der Waals surface area contributed by atoms with Gasteiger partial charge in [0, 0.05) is 24.1 Å². The number of hydrogen-bond donors (Lipinski definition) is 1. The minimum Gasteiger partial charge on any atom is -0.493 e. The van der Waals surface area contributed by atoms with E-state index >= 15 is 0 Å². The van der Waals surface area contributed by atoms with Gasteiger partial charge in [0.15, 0.2) is 11.5 Å². The normalized spacial score (nSPS) is 18.6. The fraction of sp³-hybridized carbons (Fsp3) is 0.238. The van der Waals surface area contributed by atoms with Crippen molar-refractivity contribution in [3.8, 4) is 11.5 Å². The predicted octanol–water partition coefficient (Wildman–Crippen LogP) is 2.92. The Balaban J connectivity index is 1.66. The number of nitrogens with zero attached hydrogens (tertiary/aromatic N) is 2. The van der Waals surface area contributed by atoms with Crippen LogP contribution in [0.3, 0.4) is 0 Å². The lowest BCUT2D eigenvalue weighted by molar-refractivity contribution is -0.121. The van der Waals surface area contributed by atoms with E-state index in [9.17, 15) is 4.79 Å². The van der Waals surface area contributed by atoms with E-state index in [-0.39, 0.29) is 11.8 Å². The van der Waals surface area contributed by atoms with Crippen molar-refractivity contribution in [3.63, 3.8) is 0 Å². The first-order chi connectivity index (χ1) is 13.2. The van der Waals surface area contributed by atoms with Crippen LogP contribution in [0.2, 0.25) is 0 Å². The minimum atomic E-state index is -0.0840. The number of carbonyl (C=O) groups is 1. The molecule has 6 nitrogen and oxygen atoms in total. The largest absolute Gasteiger partial charge is 0.493 e. The summed E-state index contributed by atoms with van der Waals surface area (Å²) >= 11 is 0. The number of ether oxygens (including phenoxy) is 2. The van der Waals surface area contributed by atoms with E-state index in [0.717, 1.165) is 39.7 Å². The zero-order valence-electron chi connectivity index (χ0n) is 14.9. The van der Waals surface area contributed by atoms with E-state index in [1.807, 2.05) is 42.6 Å². The molecule has 6 heteroatoms. The van der Waals surface area contributed by atoms with Crippen LogP contribution in [0.5, 0.6) is 11.5 Å². The van der Waals surface area contributed by atoms with Gasteiger partial charge in [0.1, 0.15) is 12.3 Å². The number of benzene rings is 1. The first-order valence-corrected chi connectivity index (χ1v) is 8.97. The van der Waals surface area contributed by atoms with E-state index in [1.165, 1.54) is 0 Å². The summed E-state index contributed by atoms with van der Waals surface area (Å²) in [5.74, 6) is 1.41. The maximum atomic E-state index is 12.3. The third-order valence-electron chi connectivity index (χ3n) is 5.22. The lowest BCUT2D eigenvalue weighted by atomic mass is 9.89. The lowest BCUT2D eigenvalue weighted by Crippen LogP contribution is -2.23. The number of rotatable bonds is 2. The predicted molar refractivity (Wildman–Crippen MR) is 101 cm³/mol. The van der Waals surface area contributed by atoms with E-state index in [2.05, 4.69) is 15.8 Å². The van der Waals surface area contributed by atoms with Gasteiger partial charge in [-0.2, -0.15) is 0 Å². The number of pyridine rings is 1. The molecule has 1 amide bonds. The topological polar surface area (TPSA) is 64.9 Å². The number of fused-ring (bicyclic) bond motifs is 4. The van der Waals surface area contributed by atoms with Gasteiger partial charge in [-0.1, -0.05) is 18.2 Å². The maximum absolute atomic E-state index is 12.3. The van der Waals surface area contributed by atoms with Crippen LogP contribution in [0.25, 0.3) is 11.7 Å². The molecule has 0 radical (unpaired) electrons. The van der Waals surface area contributed by atoms with Gasteiger partial charge in [0.05, 0.1) is 25.0 Å². The Morgan fingerprint density at radius 3 is 3.07 bits per heavy atom. The molecule has 0 saturated heterocycles. The molecule has 0 aliphatic carbocycles. The third kappa shape index (κ3) is 2.56. The van der Waals surface area contributed by atoms with Crippen molar-refractivity contribution in [2.75, 3.05) is 13.7 Å². The Morgan fingerprint density at radius 2 is 2.19 bits per heavy atom. The van der Waals surface area contributed by atoms with Gasteiger partial charge in [-0.3, -0.25) is 4.79 Å². The van der Waals surface area contributed by atoms with Crippen LogP contribution >= 0.6 is 0 Å². The lowest BCUT2D eigenvalue weighted by Gasteiger charge is -2.25. The smallest absolute Gasteiger partial charge is 0.221 e. The second kappa shape index (κ2) is 6.16. The van der Waals surface area contributed by atoms with Crippen LogP contribution in [0.15, 0.2) is 48.2 Å². The highest BCUT2D eigenvalue weighted by atomic mass is 16.5. The van der Waals surface area contributed by atoms with Gasteiger partial charge in [0.25, 0.3) is 0 Å². The highest BCUT2D eigenvalue weighted by Gasteiger charge is 2.32. The molecule has 0 spiro atoms. The molecule has 136 valence electrons. The first-order valence-electron chi connectivity index (χ1n) is 8.97. The van der Waals surface area contributed by atoms with E-state index < -0.39 is 0 Å². The van der Waals surface area contributed by atoms with Gasteiger partial charge in [-0.15, -0.1) is 0 Å². The van der Waals surface area contributed by atoms with Crippen molar-refractivity contribution in [2.45, 2.75) is 18.9 Å². The SMILES string of the molecule is COc1cccc2c1OCC([C@@H]1CC(=O)NCc3nc4ccccn4c31)=C2. The second-order valence-corrected chi connectivity index (χ2v) is 6.79. The van der Waals surface area contributed by atoms with Gasteiger partial charge in [-0.25, -0.2) is 4.98 Å². The minimum absolute atomic E-state index is 0.0278. The fourth-order valence-corrected chi connectivity index (χ4v) is 3.97. The Hall–Kier alpha value is -3.28. The molecule has 0 saturated carbocycles. The van der Waals surface area contributed by atoms with Gasteiger partial charge in [-0.05, 0) is 29.8 Å². The fourth-order valence-electron chi connectivity index (χ4n) is 3.97. The Labute approximate surface area is 156 Å². The van der Waals surface area contributed by atoms with Crippen molar-refractivity contribution in [2.24, 2.45) is 0 Å². The molecule has 2 aliphatic heterocycles. The standard InChI is InChI=1S/C21H19N3O3/c1-26-17-6-4-5-13-9-14(12-27-21(13)17)15-10-19(25)22-11-16-20(15)24-8-3-2-7-18(24)23-16/h2-9,15H,10-12H2,1H3,(H,22,25)/t15-/m0/s1. The quantitative estimate of drug-likeness (QED) is 0.762. The van der Waals surface area contributed by atoms with E-state index in [4.69, 9.17) is 14.5 Å².